The van der Waals surface area contributed by atoms with Gasteiger partial charge in [0.25, 0.3) is 0 Å². The molecule has 0 unspecified atom stereocenters. The zero-order valence-electron chi connectivity index (χ0n) is 16.1. The van der Waals surface area contributed by atoms with Crippen molar-refractivity contribution in [1.29, 1.82) is 0 Å². The maximum Gasteiger partial charge on any atom is 0.173 e. The van der Waals surface area contributed by atoms with Crippen molar-refractivity contribution in [1.82, 2.24) is 10.2 Å². The van der Waals surface area contributed by atoms with E-state index >= 15 is 0 Å². The van der Waals surface area contributed by atoms with E-state index in [9.17, 15) is 0 Å². The highest BCUT2D eigenvalue weighted by atomic mass is 32.1. The lowest BCUT2D eigenvalue weighted by Gasteiger charge is -2.26. The topological polar surface area (TPSA) is 18.5 Å². The second-order valence-electron chi connectivity index (χ2n) is 6.99. The molecule has 0 aromatic heterocycles. The summed E-state index contributed by atoms with van der Waals surface area (Å²) in [6, 6.07) is 25.4. The van der Waals surface area contributed by atoms with Gasteiger partial charge in [0.1, 0.15) is 0 Å². The van der Waals surface area contributed by atoms with Crippen molar-refractivity contribution < 1.29 is 0 Å². The van der Waals surface area contributed by atoms with Crippen molar-refractivity contribution in [3.05, 3.63) is 78.4 Å². The molecule has 0 aliphatic rings. The SMILES string of the molecule is CN(C)CCCNC(=S)N(Cc1ccc2ccccc2c1)c1ccccc1. The Balaban J connectivity index is 1.76. The lowest BCUT2D eigenvalue weighted by atomic mass is 10.1. The van der Waals surface area contributed by atoms with Gasteiger partial charge in [0.15, 0.2) is 5.11 Å². The molecule has 3 aromatic rings. The Labute approximate surface area is 167 Å². The first-order chi connectivity index (χ1) is 13.1. The number of rotatable bonds is 7. The van der Waals surface area contributed by atoms with E-state index in [0.29, 0.717) is 0 Å². The second kappa shape index (κ2) is 9.49. The van der Waals surface area contributed by atoms with Crippen LogP contribution in [-0.4, -0.2) is 37.2 Å². The largest absolute Gasteiger partial charge is 0.362 e. The smallest absolute Gasteiger partial charge is 0.173 e. The molecule has 0 fully saturated rings. The van der Waals surface area contributed by atoms with E-state index in [-0.39, 0.29) is 0 Å². The van der Waals surface area contributed by atoms with E-state index < -0.39 is 0 Å². The molecule has 0 amide bonds. The van der Waals surface area contributed by atoms with Crippen LogP contribution in [-0.2, 0) is 6.54 Å². The summed E-state index contributed by atoms with van der Waals surface area (Å²) < 4.78 is 0. The highest BCUT2D eigenvalue weighted by Crippen LogP contribution is 2.20. The third-order valence-electron chi connectivity index (χ3n) is 4.53. The summed E-state index contributed by atoms with van der Waals surface area (Å²) in [4.78, 5) is 4.36. The summed E-state index contributed by atoms with van der Waals surface area (Å²) in [5, 5.41) is 6.71. The number of anilines is 1. The van der Waals surface area contributed by atoms with Crippen LogP contribution in [0.15, 0.2) is 72.8 Å². The molecule has 140 valence electrons. The third kappa shape index (κ3) is 5.52. The molecule has 3 nitrogen and oxygen atoms in total. The molecule has 1 N–H and O–H groups in total. The summed E-state index contributed by atoms with van der Waals surface area (Å²) >= 11 is 5.73. The van der Waals surface area contributed by atoms with Crippen LogP contribution < -0.4 is 10.2 Å². The minimum absolute atomic E-state index is 0.744. The minimum Gasteiger partial charge on any atom is -0.362 e. The molecule has 0 aliphatic carbocycles. The van der Waals surface area contributed by atoms with Crippen LogP contribution in [0, 0.1) is 0 Å². The summed E-state index contributed by atoms with van der Waals surface area (Å²) in [7, 11) is 4.18. The Kier molecular flexibility index (Phi) is 6.80. The fraction of sp³-hybridized carbons (Fsp3) is 0.261. The number of para-hydroxylation sites is 1. The summed E-state index contributed by atoms with van der Waals surface area (Å²) in [5.74, 6) is 0. The van der Waals surface area contributed by atoms with Crippen LogP contribution in [0.2, 0.25) is 0 Å². The number of thiocarbonyl (C=S) groups is 1. The molecule has 0 atom stereocenters. The predicted molar refractivity (Wildman–Crippen MR) is 120 cm³/mol. The molecule has 0 aliphatic heterocycles. The molecular formula is C23H27N3S. The molecule has 0 spiro atoms. The van der Waals surface area contributed by atoms with Gasteiger partial charge in [-0.05, 0) is 73.8 Å². The van der Waals surface area contributed by atoms with Crippen molar-refractivity contribution in [2.75, 3.05) is 32.1 Å². The zero-order valence-corrected chi connectivity index (χ0v) is 16.9. The number of hydrogen-bond acceptors (Lipinski definition) is 2. The highest BCUT2D eigenvalue weighted by molar-refractivity contribution is 7.80. The fourth-order valence-electron chi connectivity index (χ4n) is 3.09. The Morgan fingerprint density at radius 1 is 0.889 bits per heavy atom. The Hall–Kier alpha value is -2.43. The van der Waals surface area contributed by atoms with Gasteiger partial charge in [0.05, 0.1) is 6.54 Å². The van der Waals surface area contributed by atoms with Crippen LogP contribution in [0.25, 0.3) is 10.8 Å². The molecule has 3 aromatic carbocycles. The van der Waals surface area contributed by atoms with Crippen molar-refractivity contribution in [3.63, 3.8) is 0 Å². The molecular weight excluding hydrogens is 350 g/mol. The van der Waals surface area contributed by atoms with Crippen LogP contribution in [0.1, 0.15) is 12.0 Å². The van der Waals surface area contributed by atoms with E-state index in [1.165, 1.54) is 16.3 Å². The van der Waals surface area contributed by atoms with Crippen LogP contribution in [0.3, 0.4) is 0 Å². The molecule has 0 saturated carbocycles. The van der Waals surface area contributed by atoms with Crippen LogP contribution in [0.5, 0.6) is 0 Å². The number of hydrogen-bond donors (Lipinski definition) is 1. The Morgan fingerprint density at radius 3 is 2.33 bits per heavy atom. The fourth-order valence-corrected chi connectivity index (χ4v) is 3.37. The van der Waals surface area contributed by atoms with Gasteiger partial charge in [-0.2, -0.15) is 0 Å². The number of nitrogens with zero attached hydrogens (tertiary/aromatic N) is 2. The van der Waals surface area contributed by atoms with Gasteiger partial charge in [-0.1, -0.05) is 54.6 Å². The van der Waals surface area contributed by atoms with E-state index in [1.807, 2.05) is 6.07 Å². The lowest BCUT2D eigenvalue weighted by Crippen LogP contribution is -2.40. The number of fused-ring (bicyclic) bond motifs is 1. The van der Waals surface area contributed by atoms with Gasteiger partial charge in [0.2, 0.25) is 0 Å². The van der Waals surface area contributed by atoms with Gasteiger partial charge >= 0.3 is 0 Å². The van der Waals surface area contributed by atoms with Gasteiger partial charge in [0, 0.05) is 12.2 Å². The molecule has 4 heteroatoms. The van der Waals surface area contributed by atoms with Crippen LogP contribution in [0.4, 0.5) is 5.69 Å². The average molecular weight is 378 g/mol. The molecule has 0 bridgehead atoms. The third-order valence-corrected chi connectivity index (χ3v) is 4.89. The van der Waals surface area contributed by atoms with Crippen molar-refractivity contribution in [2.45, 2.75) is 13.0 Å². The first-order valence-electron chi connectivity index (χ1n) is 9.36. The first kappa shape index (κ1) is 19.3. The van der Waals surface area contributed by atoms with Gasteiger partial charge in [-0.3, -0.25) is 0 Å². The minimum atomic E-state index is 0.744. The number of nitrogens with one attached hydrogen (secondary N) is 1. The molecule has 0 heterocycles. The van der Waals surface area contributed by atoms with E-state index in [0.717, 1.165) is 36.9 Å². The second-order valence-corrected chi connectivity index (χ2v) is 7.38. The first-order valence-corrected chi connectivity index (χ1v) is 9.77. The van der Waals surface area contributed by atoms with E-state index in [2.05, 4.69) is 95.9 Å². The Morgan fingerprint density at radius 2 is 1.59 bits per heavy atom. The number of benzene rings is 3. The van der Waals surface area contributed by atoms with Gasteiger partial charge < -0.3 is 15.1 Å². The van der Waals surface area contributed by atoms with E-state index in [1.54, 1.807) is 0 Å². The Bertz CT molecular complexity index is 877. The van der Waals surface area contributed by atoms with Crippen LogP contribution >= 0.6 is 12.2 Å². The quantitative estimate of drug-likeness (QED) is 0.476. The summed E-state index contributed by atoms with van der Waals surface area (Å²) in [6.07, 6.45) is 1.06. The van der Waals surface area contributed by atoms with Crippen molar-refractivity contribution in [3.8, 4) is 0 Å². The van der Waals surface area contributed by atoms with Gasteiger partial charge in [-0.15, -0.1) is 0 Å². The molecule has 0 radical (unpaired) electrons. The predicted octanol–water partition coefficient (Wildman–Crippen LogP) is 4.67. The van der Waals surface area contributed by atoms with Crippen molar-refractivity contribution >= 4 is 33.8 Å². The monoisotopic (exact) mass is 377 g/mol. The van der Waals surface area contributed by atoms with E-state index in [4.69, 9.17) is 12.2 Å². The van der Waals surface area contributed by atoms with Gasteiger partial charge in [-0.25, -0.2) is 0 Å². The highest BCUT2D eigenvalue weighted by Gasteiger charge is 2.13. The maximum atomic E-state index is 5.73. The lowest BCUT2D eigenvalue weighted by molar-refractivity contribution is 0.400. The zero-order chi connectivity index (χ0) is 19.1. The van der Waals surface area contributed by atoms with Crippen molar-refractivity contribution in [2.24, 2.45) is 0 Å². The molecule has 27 heavy (non-hydrogen) atoms. The summed E-state index contributed by atoms with van der Waals surface area (Å²) in [6.45, 7) is 2.66. The summed E-state index contributed by atoms with van der Waals surface area (Å²) in [5.41, 5.74) is 2.35. The molecule has 0 saturated heterocycles. The maximum absolute atomic E-state index is 5.73. The molecule has 3 rings (SSSR count). The average Bonchev–Trinajstić information content (AvgIpc) is 2.69. The normalized spacial score (nSPS) is 10.9. The standard InChI is InChI=1S/C23H27N3S/c1-25(2)16-8-15-24-23(27)26(22-11-4-3-5-12-22)18-19-13-14-20-9-6-7-10-21(20)17-19/h3-7,9-14,17H,8,15-16,18H2,1-2H3,(H,24,27).